The van der Waals surface area contributed by atoms with Gasteiger partial charge in [0.05, 0.1) is 17.2 Å². The van der Waals surface area contributed by atoms with Crippen LogP contribution in [-0.2, 0) is 24.6 Å². The lowest BCUT2D eigenvalue weighted by Crippen LogP contribution is -2.34. The van der Waals surface area contributed by atoms with E-state index in [0.717, 1.165) is 29.7 Å². The van der Waals surface area contributed by atoms with E-state index in [1.807, 2.05) is 0 Å². The topological polar surface area (TPSA) is 85.2 Å². The van der Waals surface area contributed by atoms with Gasteiger partial charge in [-0.3, -0.25) is 14.8 Å². The number of anilines is 1. The second kappa shape index (κ2) is 8.59. The lowest BCUT2D eigenvalue weighted by Gasteiger charge is -2.18. The highest BCUT2D eigenvalue weighted by atomic mass is 35.5. The first-order valence-corrected chi connectivity index (χ1v) is 10.5. The number of thiophene rings is 1. The molecule has 0 saturated carbocycles. The fraction of sp³-hybridized carbons (Fsp3) is 0.444. The standard InChI is InChI=1S/C18H21ClN4O3S2/c1-4-26-17(25)13-10-6-5-9(2)7-12(10)28-16(13)21-18(27)20-15(24)14-11(19)8-23(3)22-14/h8-9H,4-7H2,1-3H3,(H2,20,21,24,27)/t9-/m0/s1. The number of thiocarbonyl (C=S) groups is 1. The molecule has 1 atom stereocenters. The molecule has 1 aliphatic carbocycles. The van der Waals surface area contributed by atoms with Crippen molar-refractivity contribution in [3.05, 3.63) is 32.9 Å². The Balaban J connectivity index is 1.81. The molecule has 0 bridgehead atoms. The average molecular weight is 441 g/mol. The number of nitrogens with zero attached hydrogens (tertiary/aromatic N) is 2. The summed E-state index contributed by atoms with van der Waals surface area (Å²) >= 11 is 12.8. The Morgan fingerprint density at radius 3 is 2.89 bits per heavy atom. The molecule has 150 valence electrons. The fourth-order valence-corrected chi connectivity index (χ4v) is 5.10. The highest BCUT2D eigenvalue weighted by Crippen LogP contribution is 2.40. The van der Waals surface area contributed by atoms with Gasteiger partial charge in [0, 0.05) is 18.1 Å². The van der Waals surface area contributed by atoms with E-state index in [4.69, 9.17) is 28.6 Å². The maximum Gasteiger partial charge on any atom is 0.341 e. The largest absolute Gasteiger partial charge is 0.462 e. The van der Waals surface area contributed by atoms with Gasteiger partial charge in [-0.15, -0.1) is 11.3 Å². The van der Waals surface area contributed by atoms with Gasteiger partial charge in [0.1, 0.15) is 5.00 Å². The molecule has 1 aliphatic rings. The minimum absolute atomic E-state index is 0.0731. The lowest BCUT2D eigenvalue weighted by molar-refractivity contribution is 0.0526. The maximum atomic E-state index is 12.5. The van der Waals surface area contributed by atoms with Crippen molar-refractivity contribution in [2.45, 2.75) is 33.1 Å². The average Bonchev–Trinajstić information content (AvgIpc) is 3.13. The van der Waals surface area contributed by atoms with Crippen molar-refractivity contribution in [1.29, 1.82) is 0 Å². The number of fused-ring (bicyclic) bond motifs is 1. The van der Waals surface area contributed by atoms with E-state index >= 15 is 0 Å². The van der Waals surface area contributed by atoms with Gasteiger partial charge in [0.25, 0.3) is 5.91 Å². The molecule has 1 amide bonds. The van der Waals surface area contributed by atoms with E-state index in [9.17, 15) is 9.59 Å². The summed E-state index contributed by atoms with van der Waals surface area (Å²) in [4.78, 5) is 26.0. The molecular weight excluding hydrogens is 420 g/mol. The normalized spacial score (nSPS) is 15.6. The number of nitrogens with one attached hydrogen (secondary N) is 2. The zero-order chi connectivity index (χ0) is 20.4. The molecule has 28 heavy (non-hydrogen) atoms. The molecule has 7 nitrogen and oxygen atoms in total. The van der Waals surface area contributed by atoms with Crippen molar-refractivity contribution in [2.24, 2.45) is 13.0 Å². The number of aryl methyl sites for hydroxylation is 1. The van der Waals surface area contributed by atoms with Crippen LogP contribution in [0.5, 0.6) is 0 Å². The lowest BCUT2D eigenvalue weighted by atomic mass is 9.88. The predicted molar refractivity (Wildman–Crippen MR) is 113 cm³/mol. The van der Waals surface area contributed by atoms with E-state index in [0.29, 0.717) is 23.1 Å². The van der Waals surface area contributed by atoms with Gasteiger partial charge in [0.2, 0.25) is 0 Å². The van der Waals surface area contributed by atoms with Crippen LogP contribution in [0.4, 0.5) is 5.00 Å². The fourth-order valence-electron chi connectivity index (χ4n) is 3.17. The van der Waals surface area contributed by atoms with Crippen LogP contribution >= 0.6 is 35.2 Å². The molecule has 0 spiro atoms. The summed E-state index contributed by atoms with van der Waals surface area (Å²) in [6, 6.07) is 0. The Morgan fingerprint density at radius 2 is 2.25 bits per heavy atom. The molecule has 10 heteroatoms. The smallest absolute Gasteiger partial charge is 0.341 e. The number of carbonyl (C=O) groups is 2. The summed E-state index contributed by atoms with van der Waals surface area (Å²) < 4.78 is 6.68. The first-order valence-electron chi connectivity index (χ1n) is 8.93. The molecule has 3 rings (SSSR count). The van der Waals surface area contributed by atoms with Crippen LogP contribution in [0.15, 0.2) is 6.20 Å². The second-order valence-electron chi connectivity index (χ2n) is 6.68. The molecule has 0 radical (unpaired) electrons. The third-order valence-corrected chi connectivity index (χ3v) is 6.10. The summed E-state index contributed by atoms with van der Waals surface area (Å²) in [7, 11) is 1.67. The first kappa shape index (κ1) is 20.8. The van der Waals surface area contributed by atoms with Crippen molar-refractivity contribution >= 4 is 57.1 Å². The van der Waals surface area contributed by atoms with Gasteiger partial charge in [-0.05, 0) is 49.9 Å². The Labute approximate surface area is 177 Å². The first-order chi connectivity index (χ1) is 13.3. The zero-order valence-corrected chi connectivity index (χ0v) is 18.2. The number of esters is 1. The van der Waals surface area contributed by atoms with E-state index in [1.54, 1.807) is 14.0 Å². The molecule has 0 fully saturated rings. The van der Waals surface area contributed by atoms with Crippen LogP contribution in [0.2, 0.25) is 5.02 Å². The Kier molecular flexibility index (Phi) is 6.36. The van der Waals surface area contributed by atoms with Crippen molar-refractivity contribution in [1.82, 2.24) is 15.1 Å². The number of carbonyl (C=O) groups excluding carboxylic acids is 2. The third-order valence-electron chi connectivity index (χ3n) is 4.44. The van der Waals surface area contributed by atoms with Gasteiger partial charge in [-0.1, -0.05) is 18.5 Å². The molecule has 0 aromatic carbocycles. The van der Waals surface area contributed by atoms with E-state index in [1.165, 1.54) is 22.2 Å². The Bertz CT molecular complexity index is 938. The minimum Gasteiger partial charge on any atom is -0.462 e. The van der Waals surface area contributed by atoms with Gasteiger partial charge in [-0.25, -0.2) is 4.79 Å². The predicted octanol–water partition coefficient (Wildman–Crippen LogP) is 3.56. The van der Waals surface area contributed by atoms with Gasteiger partial charge in [-0.2, -0.15) is 5.10 Å². The number of ether oxygens (including phenoxy) is 1. The molecule has 0 unspecified atom stereocenters. The molecule has 2 aromatic heterocycles. The number of halogens is 1. The summed E-state index contributed by atoms with van der Waals surface area (Å²) in [5, 5.41) is 10.5. The van der Waals surface area contributed by atoms with E-state index < -0.39 is 5.91 Å². The Hall–Kier alpha value is -1.97. The molecule has 2 aromatic rings. The number of rotatable bonds is 4. The van der Waals surface area contributed by atoms with Crippen LogP contribution in [0.25, 0.3) is 0 Å². The molecular formula is C18H21ClN4O3S2. The summed E-state index contributed by atoms with van der Waals surface area (Å²) in [5.41, 5.74) is 1.62. The van der Waals surface area contributed by atoms with Crippen LogP contribution < -0.4 is 10.6 Å². The quantitative estimate of drug-likeness (QED) is 0.558. The van der Waals surface area contributed by atoms with Gasteiger partial charge < -0.3 is 10.1 Å². The minimum atomic E-state index is -0.518. The Morgan fingerprint density at radius 1 is 1.50 bits per heavy atom. The van der Waals surface area contributed by atoms with Gasteiger partial charge >= 0.3 is 5.97 Å². The number of hydrogen-bond donors (Lipinski definition) is 2. The number of amides is 1. The molecule has 0 aliphatic heterocycles. The van der Waals surface area contributed by atoms with Crippen molar-refractivity contribution in [2.75, 3.05) is 11.9 Å². The van der Waals surface area contributed by atoms with Crippen LogP contribution in [-0.4, -0.2) is 33.4 Å². The summed E-state index contributed by atoms with van der Waals surface area (Å²) in [5.74, 6) is -0.332. The van der Waals surface area contributed by atoms with Gasteiger partial charge in [0.15, 0.2) is 10.8 Å². The van der Waals surface area contributed by atoms with Crippen LogP contribution in [0.1, 0.15) is 51.6 Å². The van der Waals surface area contributed by atoms with Crippen molar-refractivity contribution < 1.29 is 14.3 Å². The maximum absolute atomic E-state index is 12.5. The number of hydrogen-bond acceptors (Lipinski definition) is 6. The molecule has 0 saturated heterocycles. The SMILES string of the molecule is CCOC(=O)c1c(NC(=S)NC(=O)c2nn(C)cc2Cl)sc2c1CC[C@H](C)C2. The van der Waals surface area contributed by atoms with E-state index in [2.05, 4.69) is 22.7 Å². The second-order valence-corrected chi connectivity index (χ2v) is 8.60. The van der Waals surface area contributed by atoms with Crippen molar-refractivity contribution in [3.8, 4) is 0 Å². The van der Waals surface area contributed by atoms with Crippen molar-refractivity contribution in [3.63, 3.8) is 0 Å². The zero-order valence-electron chi connectivity index (χ0n) is 15.8. The highest BCUT2D eigenvalue weighted by Gasteiger charge is 2.29. The third kappa shape index (κ3) is 4.37. The van der Waals surface area contributed by atoms with Crippen LogP contribution in [0, 0.1) is 5.92 Å². The number of aromatic nitrogens is 2. The molecule has 2 N–H and O–H groups in total. The highest BCUT2D eigenvalue weighted by molar-refractivity contribution is 7.80. The summed E-state index contributed by atoms with van der Waals surface area (Å²) in [6.07, 6.45) is 4.29. The van der Waals surface area contributed by atoms with E-state index in [-0.39, 0.29) is 21.8 Å². The van der Waals surface area contributed by atoms with Crippen LogP contribution in [0.3, 0.4) is 0 Å². The molecule has 2 heterocycles. The summed E-state index contributed by atoms with van der Waals surface area (Å²) in [6.45, 7) is 4.26. The monoisotopic (exact) mass is 440 g/mol.